The van der Waals surface area contributed by atoms with Gasteiger partial charge in [-0.1, -0.05) is 13.8 Å². The molecule has 1 fully saturated rings. The Morgan fingerprint density at radius 2 is 2.21 bits per heavy atom. The highest BCUT2D eigenvalue weighted by atomic mass is 16.5. The topological polar surface area (TPSA) is 29.5 Å². The van der Waals surface area contributed by atoms with Crippen LogP contribution in [0.25, 0.3) is 0 Å². The second-order valence-corrected chi connectivity index (χ2v) is 4.58. The van der Waals surface area contributed by atoms with E-state index in [4.69, 9.17) is 0 Å². The summed E-state index contributed by atoms with van der Waals surface area (Å²) in [7, 11) is 1.40. The highest BCUT2D eigenvalue weighted by molar-refractivity contribution is 5.81. The van der Waals surface area contributed by atoms with Gasteiger partial charge in [-0.15, -0.1) is 0 Å². The van der Waals surface area contributed by atoms with Gasteiger partial charge in [0, 0.05) is 25.4 Å². The van der Waals surface area contributed by atoms with Gasteiger partial charge in [0.25, 0.3) is 0 Å². The summed E-state index contributed by atoms with van der Waals surface area (Å²) in [4.78, 5) is 13.1. The molecule has 80 valence electrons. The van der Waals surface area contributed by atoms with Crippen molar-refractivity contribution in [1.29, 1.82) is 0 Å². The molecule has 1 saturated heterocycles. The van der Waals surface area contributed by atoms with Crippen LogP contribution in [0.1, 0.15) is 26.7 Å². The van der Waals surface area contributed by atoms with Gasteiger partial charge < -0.3 is 9.64 Å². The molecule has 1 aliphatic rings. The maximum Gasteiger partial charge on any atom is 0.331 e. The van der Waals surface area contributed by atoms with Gasteiger partial charge in [-0.2, -0.15) is 0 Å². The van der Waals surface area contributed by atoms with Crippen LogP contribution in [-0.4, -0.2) is 31.1 Å². The van der Waals surface area contributed by atoms with E-state index in [0.29, 0.717) is 5.41 Å². The fourth-order valence-electron chi connectivity index (χ4n) is 1.83. The van der Waals surface area contributed by atoms with Crippen LogP contribution in [0.15, 0.2) is 12.3 Å². The van der Waals surface area contributed by atoms with Crippen molar-refractivity contribution >= 4 is 5.97 Å². The van der Waals surface area contributed by atoms with Crippen molar-refractivity contribution in [3.8, 4) is 0 Å². The van der Waals surface area contributed by atoms with E-state index < -0.39 is 0 Å². The molecule has 0 atom stereocenters. The minimum Gasteiger partial charge on any atom is -0.466 e. The third kappa shape index (κ3) is 3.40. The summed E-state index contributed by atoms with van der Waals surface area (Å²) >= 11 is 0. The fourth-order valence-corrected chi connectivity index (χ4v) is 1.83. The Morgan fingerprint density at radius 1 is 1.50 bits per heavy atom. The lowest BCUT2D eigenvalue weighted by atomic mass is 9.84. The molecule has 0 aromatic rings. The number of carbonyl (C=O) groups is 1. The molecular weight excluding hydrogens is 178 g/mol. The largest absolute Gasteiger partial charge is 0.466 e. The molecule has 1 rings (SSSR count). The van der Waals surface area contributed by atoms with E-state index in [1.807, 2.05) is 6.20 Å². The van der Waals surface area contributed by atoms with Gasteiger partial charge in [-0.05, 0) is 18.3 Å². The Labute approximate surface area is 85.7 Å². The van der Waals surface area contributed by atoms with Gasteiger partial charge >= 0.3 is 5.97 Å². The van der Waals surface area contributed by atoms with Crippen LogP contribution in [0.2, 0.25) is 0 Å². The van der Waals surface area contributed by atoms with Crippen LogP contribution in [-0.2, 0) is 9.53 Å². The maximum absolute atomic E-state index is 10.9. The van der Waals surface area contributed by atoms with E-state index in [1.54, 1.807) is 0 Å². The van der Waals surface area contributed by atoms with E-state index in [0.717, 1.165) is 13.1 Å². The van der Waals surface area contributed by atoms with Crippen LogP contribution in [0.3, 0.4) is 0 Å². The predicted molar refractivity (Wildman–Crippen MR) is 55.7 cm³/mol. The molecule has 0 radical (unpaired) electrons. The minimum absolute atomic E-state index is 0.284. The Bertz CT molecular complexity index is 233. The average molecular weight is 197 g/mol. The number of hydrogen-bond acceptors (Lipinski definition) is 3. The number of carbonyl (C=O) groups excluding carboxylic acids is 1. The second-order valence-electron chi connectivity index (χ2n) is 4.58. The van der Waals surface area contributed by atoms with E-state index in [1.165, 1.54) is 26.0 Å². The molecule has 3 nitrogen and oxygen atoms in total. The Morgan fingerprint density at radius 3 is 2.79 bits per heavy atom. The van der Waals surface area contributed by atoms with Gasteiger partial charge in [0.2, 0.25) is 0 Å². The van der Waals surface area contributed by atoms with Crippen LogP contribution in [0.5, 0.6) is 0 Å². The van der Waals surface area contributed by atoms with Crippen molar-refractivity contribution < 1.29 is 9.53 Å². The first-order valence-electron chi connectivity index (χ1n) is 5.04. The third-order valence-electron chi connectivity index (χ3n) is 2.55. The van der Waals surface area contributed by atoms with E-state index in [9.17, 15) is 4.79 Å². The van der Waals surface area contributed by atoms with Crippen molar-refractivity contribution in [3.05, 3.63) is 12.3 Å². The number of esters is 1. The molecule has 0 aromatic carbocycles. The first-order chi connectivity index (χ1) is 6.53. The van der Waals surface area contributed by atoms with Crippen molar-refractivity contribution in [1.82, 2.24) is 4.90 Å². The molecule has 1 aliphatic heterocycles. The Balaban J connectivity index is 2.45. The van der Waals surface area contributed by atoms with E-state index >= 15 is 0 Å². The monoisotopic (exact) mass is 197 g/mol. The number of rotatable bonds is 2. The van der Waals surface area contributed by atoms with Gasteiger partial charge in [-0.3, -0.25) is 0 Å². The summed E-state index contributed by atoms with van der Waals surface area (Å²) in [6, 6.07) is 0. The van der Waals surface area contributed by atoms with E-state index in [2.05, 4.69) is 23.5 Å². The lowest BCUT2D eigenvalue weighted by Crippen LogP contribution is -2.36. The zero-order chi connectivity index (χ0) is 10.6. The highest BCUT2D eigenvalue weighted by Crippen LogP contribution is 2.28. The Hall–Kier alpha value is -0.990. The molecule has 3 heteroatoms. The number of methoxy groups -OCH3 is 1. The third-order valence-corrected chi connectivity index (χ3v) is 2.55. The van der Waals surface area contributed by atoms with Crippen molar-refractivity contribution in [2.75, 3.05) is 20.2 Å². The lowest BCUT2D eigenvalue weighted by molar-refractivity contribution is -0.134. The fraction of sp³-hybridized carbons (Fsp3) is 0.727. The lowest BCUT2D eigenvalue weighted by Gasteiger charge is -2.37. The molecule has 0 bridgehead atoms. The van der Waals surface area contributed by atoms with Crippen molar-refractivity contribution in [2.24, 2.45) is 5.41 Å². The van der Waals surface area contributed by atoms with Crippen LogP contribution < -0.4 is 0 Å². The summed E-state index contributed by atoms with van der Waals surface area (Å²) in [6.45, 7) is 6.56. The van der Waals surface area contributed by atoms with Crippen LogP contribution in [0.4, 0.5) is 0 Å². The zero-order valence-electron chi connectivity index (χ0n) is 9.25. The first kappa shape index (κ1) is 11.1. The zero-order valence-corrected chi connectivity index (χ0v) is 9.25. The summed E-state index contributed by atoms with van der Waals surface area (Å²) in [5.41, 5.74) is 0.360. The second kappa shape index (κ2) is 4.49. The molecule has 0 amide bonds. The molecular formula is C11H19NO2. The Kier molecular flexibility index (Phi) is 3.55. The van der Waals surface area contributed by atoms with Crippen molar-refractivity contribution in [2.45, 2.75) is 26.7 Å². The number of ether oxygens (including phenoxy) is 1. The molecule has 0 saturated carbocycles. The number of nitrogens with zero attached hydrogens (tertiary/aromatic N) is 1. The SMILES string of the molecule is COC(=O)/C=C/N1CCCC(C)(C)C1. The predicted octanol–water partition coefficient (Wildman–Crippen LogP) is 1.80. The summed E-state index contributed by atoms with van der Waals surface area (Å²) in [5.74, 6) is -0.284. The quantitative estimate of drug-likeness (QED) is 0.499. The minimum atomic E-state index is -0.284. The number of piperidine rings is 1. The molecule has 0 unspecified atom stereocenters. The number of likely N-dealkylation sites (tertiary alicyclic amines) is 1. The maximum atomic E-state index is 10.9. The standard InChI is InChI=1S/C11H19NO2/c1-11(2)6-4-7-12(9-11)8-5-10(13)14-3/h5,8H,4,6-7,9H2,1-3H3/b8-5+. The van der Waals surface area contributed by atoms with Gasteiger partial charge in [0.15, 0.2) is 0 Å². The number of hydrogen-bond donors (Lipinski definition) is 0. The molecule has 0 aliphatic carbocycles. The van der Waals surface area contributed by atoms with Gasteiger partial charge in [0.1, 0.15) is 0 Å². The molecule has 0 spiro atoms. The van der Waals surface area contributed by atoms with Gasteiger partial charge in [-0.25, -0.2) is 4.79 Å². The van der Waals surface area contributed by atoms with Crippen LogP contribution >= 0.6 is 0 Å². The van der Waals surface area contributed by atoms with Gasteiger partial charge in [0.05, 0.1) is 7.11 Å². The van der Waals surface area contributed by atoms with Crippen molar-refractivity contribution in [3.63, 3.8) is 0 Å². The highest BCUT2D eigenvalue weighted by Gasteiger charge is 2.24. The first-order valence-corrected chi connectivity index (χ1v) is 5.04. The van der Waals surface area contributed by atoms with Crippen LogP contribution in [0, 0.1) is 5.41 Å². The summed E-state index contributed by atoms with van der Waals surface area (Å²) in [6.07, 6.45) is 5.78. The summed E-state index contributed by atoms with van der Waals surface area (Å²) in [5, 5.41) is 0. The smallest absolute Gasteiger partial charge is 0.331 e. The summed E-state index contributed by atoms with van der Waals surface area (Å²) < 4.78 is 4.54. The average Bonchev–Trinajstić information content (AvgIpc) is 2.12. The molecule has 1 heterocycles. The molecule has 0 N–H and O–H groups in total. The molecule has 14 heavy (non-hydrogen) atoms. The van der Waals surface area contributed by atoms with E-state index in [-0.39, 0.29) is 5.97 Å². The molecule has 0 aromatic heterocycles. The normalized spacial score (nSPS) is 21.2.